The molecule has 8 atom stereocenters. The number of hydrogen-bond donors (Lipinski definition) is 1. The van der Waals surface area contributed by atoms with Crippen molar-refractivity contribution in [2.45, 2.75) is 91.3 Å². The molecule has 0 spiro atoms. The third-order valence-corrected chi connectivity index (χ3v) is 11.1. The van der Waals surface area contributed by atoms with Crippen LogP contribution in [0.2, 0.25) is 0 Å². The summed E-state index contributed by atoms with van der Waals surface area (Å²) in [6.07, 6.45) is 13.5. The summed E-state index contributed by atoms with van der Waals surface area (Å²) < 4.78 is 6.45. The van der Waals surface area contributed by atoms with Gasteiger partial charge in [-0.25, -0.2) is 0 Å². The van der Waals surface area contributed by atoms with E-state index < -0.39 is 0 Å². The predicted octanol–water partition coefficient (Wildman–Crippen LogP) is 5.39. The third kappa shape index (κ3) is 2.67. The van der Waals surface area contributed by atoms with Crippen molar-refractivity contribution in [3.05, 3.63) is 23.3 Å². The molecule has 0 radical (unpaired) electrons. The Kier molecular flexibility index (Phi) is 4.90. The van der Waals surface area contributed by atoms with E-state index in [4.69, 9.17) is 4.74 Å². The van der Waals surface area contributed by atoms with Crippen molar-refractivity contribution in [3.8, 4) is 0 Å². The largest absolute Gasteiger partial charge is 0.362 e. The van der Waals surface area contributed by atoms with Gasteiger partial charge in [0.2, 0.25) is 0 Å². The third-order valence-electron chi connectivity index (χ3n) is 11.1. The minimum absolute atomic E-state index is 0.330. The van der Waals surface area contributed by atoms with E-state index in [0.29, 0.717) is 46.3 Å². The number of allylic oxidation sites excluding steroid dienone is 4. The summed E-state index contributed by atoms with van der Waals surface area (Å²) in [5.41, 5.74) is 4.42. The minimum atomic E-state index is 0.330. The second kappa shape index (κ2) is 6.93. The Bertz CT molecular complexity index is 769. The van der Waals surface area contributed by atoms with Gasteiger partial charge in [0.15, 0.2) is 0 Å². The molecule has 1 aliphatic heterocycles. The first-order valence-corrected chi connectivity index (χ1v) is 12.5. The van der Waals surface area contributed by atoms with Gasteiger partial charge in [-0.2, -0.15) is 0 Å². The lowest BCUT2D eigenvalue weighted by molar-refractivity contribution is -0.131. The molecule has 0 unspecified atom stereocenters. The molecule has 0 amide bonds. The molecular formula is C27H44N2O. The lowest BCUT2D eigenvalue weighted by Crippen LogP contribution is -2.54. The van der Waals surface area contributed by atoms with Crippen molar-refractivity contribution in [2.24, 2.45) is 34.0 Å². The van der Waals surface area contributed by atoms with Gasteiger partial charge in [0, 0.05) is 18.0 Å². The Morgan fingerprint density at radius 2 is 1.80 bits per heavy atom. The highest BCUT2D eigenvalue weighted by molar-refractivity contribution is 5.38. The minimum Gasteiger partial charge on any atom is -0.362 e. The van der Waals surface area contributed by atoms with Crippen LogP contribution in [0.25, 0.3) is 0 Å². The van der Waals surface area contributed by atoms with Crippen LogP contribution < -0.4 is 5.32 Å². The first kappa shape index (κ1) is 21.2. The molecule has 1 N–H and O–H groups in total. The van der Waals surface area contributed by atoms with Crippen molar-refractivity contribution < 1.29 is 4.74 Å². The van der Waals surface area contributed by atoms with Crippen LogP contribution >= 0.6 is 0 Å². The summed E-state index contributed by atoms with van der Waals surface area (Å²) in [5.74, 6) is 2.04. The molecule has 0 bridgehead atoms. The maximum atomic E-state index is 6.45. The van der Waals surface area contributed by atoms with Crippen LogP contribution in [0, 0.1) is 34.0 Å². The summed E-state index contributed by atoms with van der Waals surface area (Å²) in [7, 11) is 4.40. The van der Waals surface area contributed by atoms with E-state index in [1.165, 1.54) is 38.5 Å². The van der Waals surface area contributed by atoms with Crippen molar-refractivity contribution >= 4 is 0 Å². The maximum Gasteiger partial charge on any atom is 0.0994 e. The number of nitrogens with zero attached hydrogens (tertiary/aromatic N) is 1. The monoisotopic (exact) mass is 412 g/mol. The van der Waals surface area contributed by atoms with E-state index in [0.717, 1.165) is 12.6 Å². The molecule has 3 heteroatoms. The second-order valence-corrected chi connectivity index (χ2v) is 12.4. The van der Waals surface area contributed by atoms with Gasteiger partial charge in [-0.15, -0.1) is 0 Å². The van der Waals surface area contributed by atoms with Crippen molar-refractivity contribution in [1.82, 2.24) is 10.2 Å². The Morgan fingerprint density at radius 3 is 2.53 bits per heavy atom. The van der Waals surface area contributed by atoms with Gasteiger partial charge in [-0.05, 0) is 93.2 Å². The van der Waals surface area contributed by atoms with Crippen molar-refractivity contribution in [1.29, 1.82) is 0 Å². The van der Waals surface area contributed by atoms with Gasteiger partial charge < -0.3 is 10.1 Å². The van der Waals surface area contributed by atoms with Gasteiger partial charge in [0.05, 0.1) is 12.8 Å². The molecule has 5 rings (SSSR count). The van der Waals surface area contributed by atoms with Crippen LogP contribution in [0.3, 0.4) is 0 Å². The highest BCUT2D eigenvalue weighted by atomic mass is 16.5. The molecular weight excluding hydrogens is 368 g/mol. The molecule has 5 aliphatic rings. The fourth-order valence-corrected chi connectivity index (χ4v) is 8.95. The summed E-state index contributed by atoms with van der Waals surface area (Å²) in [4.78, 5) is 2.43. The highest BCUT2D eigenvalue weighted by Gasteiger charge is 2.65. The van der Waals surface area contributed by atoms with Gasteiger partial charge in [-0.3, -0.25) is 4.90 Å². The topological polar surface area (TPSA) is 24.5 Å². The molecule has 0 aromatic carbocycles. The SMILES string of the molecule is CN[C@H]1CCC2=CC3=CC[C@]4(C)[C@@H]5[C@@H](C[C@@]4(C)[C@@H]3CC[C@H]2C1(C)C)OCN(C)[C@H]5C. The zero-order chi connectivity index (χ0) is 21.5. The molecule has 1 heterocycles. The Morgan fingerprint density at radius 1 is 1.07 bits per heavy atom. The molecule has 3 nitrogen and oxygen atoms in total. The molecule has 168 valence electrons. The zero-order valence-corrected chi connectivity index (χ0v) is 20.4. The summed E-state index contributed by atoms with van der Waals surface area (Å²) in [6, 6.07) is 1.24. The van der Waals surface area contributed by atoms with Gasteiger partial charge >= 0.3 is 0 Å². The van der Waals surface area contributed by atoms with Crippen molar-refractivity contribution in [3.63, 3.8) is 0 Å². The standard InChI is InChI=1S/C27H44N2O/c1-17-24-22(30-16-29(17)7)15-27(5)21-10-9-20-18(8-11-23(28-6)25(20,2)3)14-19(21)12-13-26(24,27)4/h12,14,17,20-24,28H,8-11,13,15-16H2,1-7H3/t17-,20+,21+,22+,23-,24-,26+,27-/m0/s1. The molecule has 2 saturated carbocycles. The van der Waals surface area contributed by atoms with E-state index in [1.54, 1.807) is 11.1 Å². The van der Waals surface area contributed by atoms with Crippen LogP contribution in [0.4, 0.5) is 0 Å². The van der Waals surface area contributed by atoms with Gasteiger partial charge in [0.25, 0.3) is 0 Å². The molecule has 30 heavy (non-hydrogen) atoms. The Labute approximate surface area is 184 Å². The van der Waals surface area contributed by atoms with Crippen LogP contribution in [0.1, 0.15) is 73.1 Å². The van der Waals surface area contributed by atoms with E-state index in [1.807, 2.05) is 0 Å². The van der Waals surface area contributed by atoms with E-state index in [9.17, 15) is 0 Å². The molecule has 3 fully saturated rings. The Hall–Kier alpha value is -0.640. The smallest absolute Gasteiger partial charge is 0.0994 e. The number of ether oxygens (including phenoxy) is 1. The summed E-state index contributed by atoms with van der Waals surface area (Å²) in [5, 5.41) is 3.64. The number of nitrogens with one attached hydrogen (secondary N) is 1. The van der Waals surface area contributed by atoms with Crippen LogP contribution in [0.5, 0.6) is 0 Å². The molecule has 4 aliphatic carbocycles. The predicted molar refractivity (Wildman–Crippen MR) is 124 cm³/mol. The number of rotatable bonds is 1. The zero-order valence-electron chi connectivity index (χ0n) is 20.4. The van der Waals surface area contributed by atoms with Gasteiger partial charge in [0.1, 0.15) is 0 Å². The number of hydrogen-bond acceptors (Lipinski definition) is 3. The molecule has 0 aromatic heterocycles. The molecule has 1 saturated heterocycles. The lowest BCUT2D eigenvalue weighted by Gasteiger charge is -2.54. The lowest BCUT2D eigenvalue weighted by atomic mass is 9.51. The van der Waals surface area contributed by atoms with Crippen LogP contribution in [-0.2, 0) is 4.74 Å². The quantitative estimate of drug-likeness (QED) is 0.625. The summed E-state index contributed by atoms with van der Waals surface area (Å²) in [6.45, 7) is 13.5. The van der Waals surface area contributed by atoms with Gasteiger partial charge in [-0.1, -0.05) is 45.4 Å². The highest BCUT2D eigenvalue weighted by Crippen LogP contribution is 2.69. The molecule has 0 aromatic rings. The average Bonchev–Trinajstić information content (AvgIpc) is 2.81. The fraction of sp³-hybridized carbons (Fsp3) is 0.852. The average molecular weight is 413 g/mol. The summed E-state index contributed by atoms with van der Waals surface area (Å²) >= 11 is 0. The van der Waals surface area contributed by atoms with E-state index in [-0.39, 0.29) is 0 Å². The fourth-order valence-electron chi connectivity index (χ4n) is 8.95. The van der Waals surface area contributed by atoms with E-state index in [2.05, 4.69) is 71.1 Å². The second-order valence-electron chi connectivity index (χ2n) is 12.4. The van der Waals surface area contributed by atoms with E-state index >= 15 is 0 Å². The number of fused-ring (bicyclic) bond motifs is 6. The van der Waals surface area contributed by atoms with Crippen LogP contribution in [0.15, 0.2) is 23.3 Å². The van der Waals surface area contributed by atoms with Crippen molar-refractivity contribution in [2.75, 3.05) is 20.8 Å². The Balaban J connectivity index is 1.51. The first-order valence-electron chi connectivity index (χ1n) is 12.5. The van der Waals surface area contributed by atoms with Crippen LogP contribution in [-0.4, -0.2) is 43.9 Å². The maximum absolute atomic E-state index is 6.45. The first-order chi connectivity index (χ1) is 14.1. The normalized spacial score (nSPS) is 50.4.